The molecular weight excluding hydrogens is 526 g/mol. The maximum absolute atomic E-state index is 13.2. The topological polar surface area (TPSA) is 164 Å². The summed E-state index contributed by atoms with van der Waals surface area (Å²) in [6.07, 6.45) is 1.25. The van der Waals surface area contributed by atoms with E-state index in [1.54, 1.807) is 34.6 Å². The second kappa shape index (κ2) is 11.2. The molecule has 0 spiro atoms. The number of hydroxylamine groups is 1. The SMILES string of the molecule is Cc1cc(COc2ccc(C(=O)NC3(CC(=O)NO)CCN(C(=O)C4(C(N)=O)CC4)CC3)cc2)c2ccccc2n1. The van der Waals surface area contributed by atoms with E-state index in [1.807, 2.05) is 37.3 Å². The Hall–Kier alpha value is -4.51. The Morgan fingerprint density at radius 3 is 2.34 bits per heavy atom. The van der Waals surface area contributed by atoms with Crippen LogP contribution in [0, 0.1) is 12.3 Å². The number of nitrogens with two attached hydrogens (primary N) is 1. The number of amides is 4. The summed E-state index contributed by atoms with van der Waals surface area (Å²) in [5.41, 5.74) is 8.15. The fraction of sp³-hybridized carbons (Fsp3) is 0.367. The van der Waals surface area contributed by atoms with Crippen LogP contribution < -0.4 is 21.3 Å². The first-order valence-electron chi connectivity index (χ1n) is 13.6. The van der Waals surface area contributed by atoms with Crippen LogP contribution in [0.15, 0.2) is 54.6 Å². The van der Waals surface area contributed by atoms with Gasteiger partial charge in [0.05, 0.1) is 17.5 Å². The van der Waals surface area contributed by atoms with E-state index in [2.05, 4.69) is 10.3 Å². The molecule has 2 heterocycles. The molecule has 5 N–H and O–H groups in total. The predicted molar refractivity (Wildman–Crippen MR) is 149 cm³/mol. The number of hydrogen-bond acceptors (Lipinski definition) is 7. The fourth-order valence-electron chi connectivity index (χ4n) is 5.51. The molecule has 3 aromatic rings. The number of likely N-dealkylation sites (tertiary alicyclic amines) is 1. The molecule has 0 bridgehead atoms. The van der Waals surface area contributed by atoms with Gasteiger partial charge in [-0.05, 0) is 69.0 Å². The summed E-state index contributed by atoms with van der Waals surface area (Å²) in [5, 5.41) is 13.1. The molecule has 5 rings (SSSR count). The van der Waals surface area contributed by atoms with Crippen LogP contribution in [-0.4, -0.2) is 57.3 Å². The molecule has 2 aliphatic rings. The van der Waals surface area contributed by atoms with E-state index in [1.165, 1.54) is 0 Å². The highest BCUT2D eigenvalue weighted by Gasteiger charge is 2.57. The van der Waals surface area contributed by atoms with Gasteiger partial charge in [0.1, 0.15) is 17.8 Å². The number of fused-ring (bicyclic) bond motifs is 1. The molecule has 11 heteroatoms. The van der Waals surface area contributed by atoms with Crippen molar-refractivity contribution >= 4 is 34.5 Å². The average Bonchev–Trinajstić information content (AvgIpc) is 3.78. The van der Waals surface area contributed by atoms with Gasteiger partial charge in [-0.3, -0.25) is 29.4 Å². The number of aryl methyl sites for hydroxylation is 1. The van der Waals surface area contributed by atoms with Crippen molar-refractivity contribution in [3.63, 3.8) is 0 Å². The zero-order valence-electron chi connectivity index (χ0n) is 22.8. The minimum absolute atomic E-state index is 0.168. The van der Waals surface area contributed by atoms with E-state index < -0.39 is 28.7 Å². The van der Waals surface area contributed by atoms with Crippen LogP contribution in [0.25, 0.3) is 10.9 Å². The van der Waals surface area contributed by atoms with Crippen molar-refractivity contribution in [2.24, 2.45) is 11.1 Å². The minimum Gasteiger partial charge on any atom is -0.489 e. The second-order valence-electron chi connectivity index (χ2n) is 10.9. The quantitative estimate of drug-likeness (QED) is 0.178. The number of nitrogens with zero attached hydrogens (tertiary/aromatic N) is 2. The first-order valence-corrected chi connectivity index (χ1v) is 13.6. The van der Waals surface area contributed by atoms with E-state index in [-0.39, 0.29) is 38.3 Å². The summed E-state index contributed by atoms with van der Waals surface area (Å²) >= 11 is 0. The lowest BCUT2D eigenvalue weighted by Gasteiger charge is -2.42. The zero-order valence-corrected chi connectivity index (χ0v) is 22.8. The van der Waals surface area contributed by atoms with Crippen LogP contribution in [0.4, 0.5) is 0 Å². The molecule has 1 aliphatic carbocycles. The van der Waals surface area contributed by atoms with Crippen LogP contribution in [-0.2, 0) is 21.0 Å². The van der Waals surface area contributed by atoms with Gasteiger partial charge >= 0.3 is 0 Å². The normalized spacial score (nSPS) is 17.0. The van der Waals surface area contributed by atoms with Gasteiger partial charge in [0.15, 0.2) is 0 Å². The van der Waals surface area contributed by atoms with Crippen molar-refractivity contribution in [2.45, 2.75) is 51.2 Å². The molecule has 2 aromatic carbocycles. The molecule has 1 aliphatic heterocycles. The van der Waals surface area contributed by atoms with Gasteiger partial charge in [0.25, 0.3) is 5.91 Å². The minimum atomic E-state index is -1.13. The summed E-state index contributed by atoms with van der Waals surface area (Å²) in [6, 6.07) is 16.6. The number of rotatable bonds is 9. The molecule has 214 valence electrons. The number of aromatic nitrogens is 1. The zero-order chi connectivity index (χ0) is 29.2. The van der Waals surface area contributed by atoms with Crippen LogP contribution in [0.2, 0.25) is 0 Å². The molecule has 11 nitrogen and oxygen atoms in total. The third-order valence-corrected chi connectivity index (χ3v) is 8.08. The lowest BCUT2D eigenvalue weighted by Crippen LogP contribution is -2.59. The smallest absolute Gasteiger partial charge is 0.251 e. The van der Waals surface area contributed by atoms with Crippen molar-refractivity contribution < 1.29 is 29.1 Å². The molecule has 1 saturated heterocycles. The molecule has 1 saturated carbocycles. The number of piperidine rings is 1. The van der Waals surface area contributed by atoms with Crippen molar-refractivity contribution in [3.8, 4) is 5.75 Å². The van der Waals surface area contributed by atoms with Gasteiger partial charge in [-0.15, -0.1) is 0 Å². The van der Waals surface area contributed by atoms with Crippen molar-refractivity contribution in [1.82, 2.24) is 20.7 Å². The van der Waals surface area contributed by atoms with E-state index in [0.29, 0.717) is 30.8 Å². The number of carbonyl (C=O) groups excluding carboxylic acids is 4. The number of para-hydroxylation sites is 1. The lowest BCUT2D eigenvalue weighted by atomic mass is 9.83. The Morgan fingerprint density at radius 1 is 1.02 bits per heavy atom. The largest absolute Gasteiger partial charge is 0.489 e. The average molecular weight is 560 g/mol. The molecule has 0 unspecified atom stereocenters. The van der Waals surface area contributed by atoms with E-state index in [4.69, 9.17) is 15.7 Å². The maximum Gasteiger partial charge on any atom is 0.251 e. The molecule has 4 amide bonds. The molecule has 1 aromatic heterocycles. The Bertz CT molecular complexity index is 1490. The predicted octanol–water partition coefficient (Wildman–Crippen LogP) is 2.37. The Balaban J connectivity index is 1.24. The van der Waals surface area contributed by atoms with Gasteiger partial charge in [-0.1, -0.05) is 18.2 Å². The first-order chi connectivity index (χ1) is 19.6. The first kappa shape index (κ1) is 28.0. The number of ether oxygens (including phenoxy) is 1. The van der Waals surface area contributed by atoms with Crippen LogP contribution in [0.1, 0.15) is 53.7 Å². The molecule has 2 fully saturated rings. The Kier molecular flexibility index (Phi) is 7.63. The number of primary amides is 1. The lowest BCUT2D eigenvalue weighted by molar-refractivity contribution is -0.144. The maximum atomic E-state index is 13.2. The van der Waals surface area contributed by atoms with Gasteiger partial charge in [-0.2, -0.15) is 0 Å². The highest BCUT2D eigenvalue weighted by atomic mass is 16.5. The Morgan fingerprint density at radius 2 is 1.71 bits per heavy atom. The monoisotopic (exact) mass is 559 g/mol. The van der Waals surface area contributed by atoms with Gasteiger partial charge in [0, 0.05) is 35.3 Å². The van der Waals surface area contributed by atoms with E-state index in [0.717, 1.165) is 22.2 Å². The van der Waals surface area contributed by atoms with Crippen molar-refractivity contribution in [1.29, 1.82) is 0 Å². The molecule has 41 heavy (non-hydrogen) atoms. The van der Waals surface area contributed by atoms with Gasteiger partial charge in [0.2, 0.25) is 17.7 Å². The van der Waals surface area contributed by atoms with Crippen LogP contribution >= 0.6 is 0 Å². The number of benzene rings is 2. The highest BCUT2D eigenvalue weighted by molar-refractivity contribution is 6.07. The summed E-state index contributed by atoms with van der Waals surface area (Å²) in [6.45, 7) is 2.75. The van der Waals surface area contributed by atoms with Crippen LogP contribution in [0.5, 0.6) is 5.75 Å². The summed E-state index contributed by atoms with van der Waals surface area (Å²) in [5.74, 6) is -1.38. The van der Waals surface area contributed by atoms with Crippen molar-refractivity contribution in [2.75, 3.05) is 13.1 Å². The Labute approximate surface area is 237 Å². The van der Waals surface area contributed by atoms with Crippen molar-refractivity contribution in [3.05, 3.63) is 71.4 Å². The second-order valence-corrected chi connectivity index (χ2v) is 10.9. The summed E-state index contributed by atoms with van der Waals surface area (Å²) in [7, 11) is 0. The van der Waals surface area contributed by atoms with E-state index >= 15 is 0 Å². The van der Waals surface area contributed by atoms with E-state index in [9.17, 15) is 19.2 Å². The molecule has 0 atom stereocenters. The number of pyridine rings is 1. The summed E-state index contributed by atoms with van der Waals surface area (Å²) < 4.78 is 6.00. The van der Waals surface area contributed by atoms with Gasteiger partial charge in [-0.25, -0.2) is 5.48 Å². The number of hydrogen-bond donors (Lipinski definition) is 4. The highest BCUT2D eigenvalue weighted by Crippen LogP contribution is 2.47. The third-order valence-electron chi connectivity index (χ3n) is 8.08. The third kappa shape index (κ3) is 5.85. The van der Waals surface area contributed by atoms with Gasteiger partial charge < -0.3 is 20.7 Å². The fourth-order valence-corrected chi connectivity index (χ4v) is 5.51. The standard InChI is InChI=1S/C30H33N5O6/c1-19-16-21(23-4-2-3-5-24(23)32-19)18-41-22-8-6-20(7-9-22)26(37)33-29(17-25(36)34-40)12-14-35(15-13-29)28(39)30(10-11-30)27(31)38/h2-9,16,40H,10-15,17-18H2,1H3,(H2,31,38)(H,33,37)(H,34,36). The number of nitrogens with one attached hydrogen (secondary N) is 2. The van der Waals surface area contributed by atoms with Crippen LogP contribution in [0.3, 0.4) is 0 Å². The molecule has 0 radical (unpaired) electrons. The molecular formula is C30H33N5O6. The number of carbonyl (C=O) groups is 4. The summed E-state index contributed by atoms with van der Waals surface area (Å²) in [4.78, 5) is 56.2.